The third kappa shape index (κ3) is 1.88. The highest BCUT2D eigenvalue weighted by molar-refractivity contribution is 5.96. The van der Waals surface area contributed by atoms with Gasteiger partial charge in [-0.3, -0.25) is 9.59 Å². The molecule has 0 radical (unpaired) electrons. The van der Waals surface area contributed by atoms with Gasteiger partial charge < -0.3 is 0 Å². The molecule has 0 aliphatic heterocycles. The van der Waals surface area contributed by atoms with Gasteiger partial charge in [0.1, 0.15) is 5.78 Å². The van der Waals surface area contributed by atoms with Crippen LogP contribution in [0.2, 0.25) is 0 Å². The molecule has 4 aliphatic carbocycles. The van der Waals surface area contributed by atoms with Gasteiger partial charge in [0.25, 0.3) is 0 Å². The molecule has 0 heterocycles. The maximum absolute atomic E-state index is 12.4. The first kappa shape index (κ1) is 15.4. The molecule has 4 aliphatic rings. The van der Waals surface area contributed by atoms with Crippen LogP contribution in [0.25, 0.3) is 0 Å². The summed E-state index contributed by atoms with van der Waals surface area (Å²) in [6.07, 6.45) is 8.05. The Morgan fingerprint density at radius 2 is 1.78 bits per heavy atom. The lowest BCUT2D eigenvalue weighted by molar-refractivity contribution is -0.138. The zero-order chi connectivity index (χ0) is 16.4. The lowest BCUT2D eigenvalue weighted by Crippen LogP contribution is -2.54. The Kier molecular flexibility index (Phi) is 3.30. The number of carbonyl (C=O) groups is 2. The van der Waals surface area contributed by atoms with Crippen LogP contribution in [0.1, 0.15) is 65.2 Å². The van der Waals surface area contributed by atoms with Crippen molar-refractivity contribution >= 4 is 11.6 Å². The van der Waals surface area contributed by atoms with E-state index in [-0.39, 0.29) is 16.6 Å². The van der Waals surface area contributed by atoms with E-state index in [9.17, 15) is 9.59 Å². The summed E-state index contributed by atoms with van der Waals surface area (Å²) >= 11 is 0. The number of rotatable bonds is 0. The largest absolute Gasteiger partial charge is 0.299 e. The first-order valence-corrected chi connectivity index (χ1v) is 9.38. The molecule has 23 heavy (non-hydrogen) atoms. The quantitative estimate of drug-likeness (QED) is 0.488. The van der Waals surface area contributed by atoms with Gasteiger partial charge in [-0.2, -0.15) is 0 Å². The van der Waals surface area contributed by atoms with Crippen molar-refractivity contribution in [1.82, 2.24) is 0 Å². The number of hydrogen-bond donors (Lipinski definition) is 0. The molecule has 0 bridgehead atoms. The van der Waals surface area contributed by atoms with E-state index in [0.717, 1.165) is 44.1 Å². The molecule has 2 nitrogen and oxygen atoms in total. The maximum Gasteiger partial charge on any atom is 0.166 e. The Morgan fingerprint density at radius 1 is 1.00 bits per heavy atom. The minimum Gasteiger partial charge on any atom is -0.299 e. The summed E-state index contributed by atoms with van der Waals surface area (Å²) in [5.41, 5.74) is 4.04. The van der Waals surface area contributed by atoms with Crippen LogP contribution >= 0.6 is 0 Å². The van der Waals surface area contributed by atoms with Gasteiger partial charge in [-0.25, -0.2) is 0 Å². The smallest absolute Gasteiger partial charge is 0.166 e. The van der Waals surface area contributed by atoms with E-state index in [1.54, 1.807) is 0 Å². The Bertz CT molecular complexity index is 626. The summed E-state index contributed by atoms with van der Waals surface area (Å²) in [7, 11) is 0. The van der Waals surface area contributed by atoms with Crippen LogP contribution in [-0.2, 0) is 9.59 Å². The van der Waals surface area contributed by atoms with Crippen molar-refractivity contribution < 1.29 is 9.59 Å². The molecule has 6 atom stereocenters. The first-order valence-electron chi connectivity index (χ1n) is 9.38. The normalized spacial score (nSPS) is 49.2. The van der Waals surface area contributed by atoms with E-state index in [1.165, 1.54) is 6.42 Å². The second kappa shape index (κ2) is 4.93. The molecule has 0 amide bonds. The molecule has 0 aromatic rings. The average molecular weight is 312 g/mol. The third-order valence-corrected chi connectivity index (χ3v) is 8.31. The minimum absolute atomic E-state index is 0.0496. The fraction of sp³-hybridized carbons (Fsp3) is 0.762. The van der Waals surface area contributed by atoms with Crippen molar-refractivity contribution in [2.45, 2.75) is 65.2 Å². The fourth-order valence-corrected chi connectivity index (χ4v) is 6.99. The molecule has 124 valence electrons. The summed E-state index contributed by atoms with van der Waals surface area (Å²) in [6, 6.07) is 0. The molecule has 4 rings (SSSR count). The average Bonchev–Trinajstić information content (AvgIpc) is 2.83. The summed E-state index contributed by atoms with van der Waals surface area (Å²) in [4.78, 5) is 24.7. The Labute approximate surface area is 139 Å². The van der Waals surface area contributed by atoms with Gasteiger partial charge >= 0.3 is 0 Å². The van der Waals surface area contributed by atoms with Gasteiger partial charge in [0, 0.05) is 29.7 Å². The van der Waals surface area contributed by atoms with Crippen molar-refractivity contribution in [1.29, 1.82) is 0 Å². The van der Waals surface area contributed by atoms with E-state index in [2.05, 4.69) is 26.2 Å². The lowest BCUT2D eigenvalue weighted by atomic mass is 9.44. The van der Waals surface area contributed by atoms with Gasteiger partial charge in [-0.05, 0) is 61.7 Å². The Balaban J connectivity index is 1.70. The summed E-state index contributed by atoms with van der Waals surface area (Å²) < 4.78 is 0. The van der Waals surface area contributed by atoms with E-state index >= 15 is 0 Å². The highest BCUT2D eigenvalue weighted by Gasteiger charge is 2.60. The molecule has 0 N–H and O–H groups in total. The molecule has 0 unspecified atom stereocenters. The van der Waals surface area contributed by atoms with Gasteiger partial charge in [0.15, 0.2) is 5.78 Å². The molecular formula is C21H28O2. The van der Waals surface area contributed by atoms with Crippen LogP contribution in [0.3, 0.4) is 0 Å². The fourth-order valence-electron chi connectivity index (χ4n) is 6.99. The molecule has 0 aromatic carbocycles. The van der Waals surface area contributed by atoms with E-state index in [4.69, 9.17) is 0 Å². The number of carbonyl (C=O) groups excluding carboxylic acids is 2. The van der Waals surface area contributed by atoms with Gasteiger partial charge in [-0.1, -0.05) is 20.4 Å². The molecule has 4 saturated carbocycles. The number of hydrogen-bond acceptors (Lipinski definition) is 2. The molecule has 2 heteroatoms. The van der Waals surface area contributed by atoms with Crippen LogP contribution < -0.4 is 0 Å². The van der Waals surface area contributed by atoms with Gasteiger partial charge in [-0.15, -0.1) is 5.73 Å². The van der Waals surface area contributed by atoms with Crippen molar-refractivity contribution in [3.63, 3.8) is 0 Å². The number of Topliss-reactive ketones (excluding diaryl/α,β-unsaturated/α-hetero) is 2. The van der Waals surface area contributed by atoms with Gasteiger partial charge in [0.05, 0.1) is 0 Å². The van der Waals surface area contributed by atoms with Gasteiger partial charge in [0.2, 0.25) is 0 Å². The Hall–Kier alpha value is -1.14. The standard InChI is InChI=1S/C21H28O2/c1-4-13-15-6-5-14-16-7-8-19(23)21(16,3)11-9-17(14)20(15,2)12-10-18(13)22/h14-17H,1,5-12H2,2-3H3/t14-,15-,16-,17-,20-,21-/m0/s1. The lowest BCUT2D eigenvalue weighted by Gasteiger charge is -2.59. The van der Waals surface area contributed by atoms with E-state index in [1.807, 2.05) is 0 Å². The summed E-state index contributed by atoms with van der Waals surface area (Å²) in [5, 5.41) is 0. The topological polar surface area (TPSA) is 34.1 Å². The van der Waals surface area contributed by atoms with Crippen LogP contribution in [0, 0.1) is 34.5 Å². The van der Waals surface area contributed by atoms with Crippen LogP contribution in [-0.4, -0.2) is 11.6 Å². The second-order valence-electron chi connectivity index (χ2n) is 8.94. The summed E-state index contributed by atoms with van der Waals surface area (Å²) in [5.74, 6) is 3.07. The number of fused-ring (bicyclic) bond motifs is 5. The monoisotopic (exact) mass is 312 g/mol. The zero-order valence-electron chi connectivity index (χ0n) is 14.5. The van der Waals surface area contributed by atoms with Crippen LogP contribution in [0.4, 0.5) is 0 Å². The van der Waals surface area contributed by atoms with Crippen LogP contribution in [0.5, 0.6) is 0 Å². The van der Waals surface area contributed by atoms with Crippen molar-refractivity contribution in [2.75, 3.05) is 0 Å². The third-order valence-electron chi connectivity index (χ3n) is 8.31. The van der Waals surface area contributed by atoms with Crippen molar-refractivity contribution in [3.05, 3.63) is 17.9 Å². The molecule has 0 saturated heterocycles. The SMILES string of the molecule is C=C=C1C(=O)CC[C@@]2(C)[C@H]1CC[C@@H]1[C@@H]2CC[C@]2(C)C(=O)CC[C@@H]12. The maximum atomic E-state index is 12.4. The Morgan fingerprint density at radius 3 is 2.52 bits per heavy atom. The predicted molar refractivity (Wildman–Crippen MR) is 89.8 cm³/mol. The minimum atomic E-state index is -0.0496. The predicted octanol–water partition coefficient (Wildman–Crippen LogP) is 4.49. The molecule has 4 fully saturated rings. The van der Waals surface area contributed by atoms with E-state index < -0.39 is 0 Å². The summed E-state index contributed by atoms with van der Waals surface area (Å²) in [6.45, 7) is 8.46. The zero-order valence-corrected chi connectivity index (χ0v) is 14.5. The highest BCUT2D eigenvalue weighted by atomic mass is 16.1. The number of allylic oxidation sites excluding steroid dienone is 1. The van der Waals surface area contributed by atoms with Crippen molar-refractivity contribution in [3.8, 4) is 0 Å². The second-order valence-corrected chi connectivity index (χ2v) is 8.94. The first-order chi connectivity index (χ1) is 10.9. The number of ketones is 2. The highest BCUT2D eigenvalue weighted by Crippen LogP contribution is 2.65. The molecular weight excluding hydrogens is 284 g/mol. The molecule has 0 spiro atoms. The van der Waals surface area contributed by atoms with E-state index in [0.29, 0.717) is 35.9 Å². The van der Waals surface area contributed by atoms with Crippen molar-refractivity contribution in [2.24, 2.45) is 34.5 Å². The molecule has 0 aromatic heterocycles. The van der Waals surface area contributed by atoms with Crippen LogP contribution in [0.15, 0.2) is 17.9 Å².